The second-order valence-electron chi connectivity index (χ2n) is 5.75. The van der Waals surface area contributed by atoms with Crippen molar-refractivity contribution >= 4 is 23.1 Å². The van der Waals surface area contributed by atoms with Gasteiger partial charge in [-0.05, 0) is 36.6 Å². The zero-order valence-electron chi connectivity index (χ0n) is 13.1. The highest BCUT2D eigenvalue weighted by Crippen LogP contribution is 2.28. The Morgan fingerprint density at radius 2 is 2.00 bits per heavy atom. The number of rotatable bonds is 5. The van der Waals surface area contributed by atoms with Crippen LogP contribution in [-0.4, -0.2) is 36.0 Å². The van der Waals surface area contributed by atoms with Crippen LogP contribution in [0.15, 0.2) is 36.7 Å². The molecule has 1 saturated heterocycles. The van der Waals surface area contributed by atoms with E-state index in [1.807, 2.05) is 0 Å². The number of halogens is 4. The highest BCUT2D eigenvalue weighted by atomic mass is 35.5. The number of nitrogens with zero attached hydrogens (tertiary/aromatic N) is 3. The Hall–Kier alpha value is -2.22. The number of hydrogen-bond donors (Lipinski definition) is 1. The van der Waals surface area contributed by atoms with E-state index >= 15 is 0 Å². The average molecular weight is 373 g/mol. The summed E-state index contributed by atoms with van der Waals surface area (Å²) in [5.74, 6) is 0.805. The van der Waals surface area contributed by atoms with Crippen LogP contribution in [0.5, 0.6) is 5.75 Å². The van der Waals surface area contributed by atoms with Crippen LogP contribution < -0.4 is 15.0 Å². The molecule has 134 valence electrons. The number of ether oxygens (including phenoxy) is 1. The zero-order valence-corrected chi connectivity index (χ0v) is 13.9. The van der Waals surface area contributed by atoms with Gasteiger partial charge < -0.3 is 15.0 Å². The first-order valence-corrected chi connectivity index (χ1v) is 8.09. The largest absolute Gasteiger partial charge is 0.573 e. The Morgan fingerprint density at radius 1 is 1.24 bits per heavy atom. The van der Waals surface area contributed by atoms with Crippen molar-refractivity contribution < 1.29 is 17.9 Å². The summed E-state index contributed by atoms with van der Waals surface area (Å²) in [6.07, 6.45) is -0.620. The van der Waals surface area contributed by atoms with Gasteiger partial charge in [-0.15, -0.1) is 13.2 Å². The van der Waals surface area contributed by atoms with Crippen LogP contribution in [0.25, 0.3) is 0 Å². The van der Waals surface area contributed by atoms with E-state index in [4.69, 9.17) is 11.6 Å². The summed E-state index contributed by atoms with van der Waals surface area (Å²) < 4.78 is 40.4. The quantitative estimate of drug-likeness (QED) is 0.860. The lowest BCUT2D eigenvalue weighted by Gasteiger charge is -2.19. The van der Waals surface area contributed by atoms with Crippen LogP contribution in [0.2, 0.25) is 5.15 Å². The summed E-state index contributed by atoms with van der Waals surface area (Å²) >= 11 is 5.79. The molecule has 2 heterocycles. The minimum atomic E-state index is -4.67. The maximum atomic E-state index is 12.2. The van der Waals surface area contributed by atoms with Crippen molar-refractivity contribution in [3.63, 3.8) is 0 Å². The van der Waals surface area contributed by atoms with Crippen LogP contribution in [0, 0.1) is 5.92 Å². The molecular weight excluding hydrogens is 357 g/mol. The minimum Gasteiger partial charge on any atom is -0.406 e. The van der Waals surface area contributed by atoms with Gasteiger partial charge in [0.05, 0.1) is 12.4 Å². The van der Waals surface area contributed by atoms with Crippen molar-refractivity contribution in [1.29, 1.82) is 0 Å². The second kappa shape index (κ2) is 7.35. The molecule has 1 aromatic carbocycles. The lowest BCUT2D eigenvalue weighted by Crippen LogP contribution is -2.22. The van der Waals surface area contributed by atoms with Crippen molar-refractivity contribution in [2.75, 3.05) is 29.9 Å². The molecule has 1 fully saturated rings. The van der Waals surface area contributed by atoms with E-state index in [9.17, 15) is 13.2 Å². The molecule has 0 spiro atoms. The molecule has 0 amide bonds. The van der Waals surface area contributed by atoms with Gasteiger partial charge in [-0.3, -0.25) is 4.98 Å². The SMILES string of the molecule is FC(F)(F)Oc1ccc(N2CC[C@H](CNc3cncc(Cl)n3)C2)cc1. The molecule has 5 nitrogen and oxygen atoms in total. The molecule has 1 aliphatic heterocycles. The normalized spacial score (nSPS) is 17.6. The van der Waals surface area contributed by atoms with Crippen molar-refractivity contribution in [2.45, 2.75) is 12.8 Å². The highest BCUT2D eigenvalue weighted by molar-refractivity contribution is 6.29. The third-order valence-corrected chi connectivity index (χ3v) is 4.08. The van der Waals surface area contributed by atoms with E-state index in [0.29, 0.717) is 16.9 Å². The van der Waals surface area contributed by atoms with E-state index in [0.717, 1.165) is 31.7 Å². The van der Waals surface area contributed by atoms with Gasteiger partial charge in [0.1, 0.15) is 16.7 Å². The van der Waals surface area contributed by atoms with E-state index in [2.05, 4.69) is 24.9 Å². The van der Waals surface area contributed by atoms with Gasteiger partial charge >= 0.3 is 6.36 Å². The third kappa shape index (κ3) is 5.12. The van der Waals surface area contributed by atoms with Crippen molar-refractivity contribution in [1.82, 2.24) is 9.97 Å². The number of anilines is 2. The second-order valence-corrected chi connectivity index (χ2v) is 6.14. The van der Waals surface area contributed by atoms with Gasteiger partial charge in [-0.1, -0.05) is 11.6 Å². The van der Waals surface area contributed by atoms with Crippen molar-refractivity contribution in [3.05, 3.63) is 41.8 Å². The first kappa shape index (κ1) is 17.6. The van der Waals surface area contributed by atoms with Crippen LogP contribution in [0.4, 0.5) is 24.7 Å². The summed E-state index contributed by atoms with van der Waals surface area (Å²) in [7, 11) is 0. The molecule has 25 heavy (non-hydrogen) atoms. The molecule has 3 rings (SSSR count). The van der Waals surface area contributed by atoms with Crippen LogP contribution in [-0.2, 0) is 0 Å². The maximum Gasteiger partial charge on any atom is 0.573 e. The fourth-order valence-electron chi connectivity index (χ4n) is 2.77. The summed E-state index contributed by atoms with van der Waals surface area (Å²) in [5, 5.41) is 3.54. The van der Waals surface area contributed by atoms with E-state index < -0.39 is 6.36 Å². The molecule has 1 N–H and O–H groups in total. The number of alkyl halides is 3. The molecule has 0 saturated carbocycles. The molecule has 9 heteroatoms. The fourth-order valence-corrected chi connectivity index (χ4v) is 2.92. The van der Waals surface area contributed by atoms with Gasteiger partial charge in [0, 0.05) is 25.3 Å². The predicted octanol–water partition coefficient (Wildman–Crippen LogP) is 3.97. The summed E-state index contributed by atoms with van der Waals surface area (Å²) in [6.45, 7) is 2.37. The number of hydrogen-bond acceptors (Lipinski definition) is 5. The Morgan fingerprint density at radius 3 is 2.68 bits per heavy atom. The molecule has 0 unspecified atom stereocenters. The molecule has 1 aliphatic rings. The Labute approximate surface area is 147 Å². The van der Waals surface area contributed by atoms with Crippen LogP contribution >= 0.6 is 11.6 Å². The van der Waals surface area contributed by atoms with E-state index in [1.54, 1.807) is 18.3 Å². The smallest absolute Gasteiger partial charge is 0.406 e. The van der Waals surface area contributed by atoms with Gasteiger partial charge in [0.25, 0.3) is 0 Å². The lowest BCUT2D eigenvalue weighted by molar-refractivity contribution is -0.274. The van der Waals surface area contributed by atoms with Gasteiger partial charge in [0.15, 0.2) is 0 Å². The molecule has 0 aliphatic carbocycles. The molecule has 1 aromatic heterocycles. The summed E-state index contributed by atoms with van der Waals surface area (Å²) in [6, 6.07) is 5.94. The van der Waals surface area contributed by atoms with E-state index in [1.165, 1.54) is 18.3 Å². The zero-order chi connectivity index (χ0) is 17.9. The van der Waals surface area contributed by atoms with Gasteiger partial charge in [0.2, 0.25) is 0 Å². The molecule has 0 radical (unpaired) electrons. The molecule has 2 aromatic rings. The number of nitrogens with one attached hydrogen (secondary N) is 1. The minimum absolute atomic E-state index is 0.215. The summed E-state index contributed by atoms with van der Waals surface area (Å²) in [4.78, 5) is 10.2. The Bertz CT molecular complexity index is 711. The highest BCUT2D eigenvalue weighted by Gasteiger charge is 2.31. The average Bonchev–Trinajstić information content (AvgIpc) is 3.01. The summed E-state index contributed by atoms with van der Waals surface area (Å²) in [5.41, 5.74) is 0.875. The Balaban J connectivity index is 1.52. The van der Waals surface area contributed by atoms with Crippen molar-refractivity contribution in [3.8, 4) is 5.75 Å². The topological polar surface area (TPSA) is 50.3 Å². The molecule has 0 bridgehead atoms. The maximum absolute atomic E-state index is 12.2. The van der Waals surface area contributed by atoms with E-state index in [-0.39, 0.29) is 5.75 Å². The predicted molar refractivity (Wildman–Crippen MR) is 89.0 cm³/mol. The molecular formula is C16H16ClF3N4O. The Kier molecular flexibility index (Phi) is 5.17. The standard InChI is InChI=1S/C16H16ClF3N4O/c17-14-8-21-9-15(23-14)22-7-11-5-6-24(10-11)12-1-3-13(4-2-12)25-16(18,19)20/h1-4,8-9,11H,5-7,10H2,(H,22,23)/t11-/m1/s1. The van der Waals surface area contributed by atoms with Crippen LogP contribution in [0.1, 0.15) is 6.42 Å². The number of aromatic nitrogens is 2. The fraction of sp³-hybridized carbons (Fsp3) is 0.375. The first-order valence-electron chi connectivity index (χ1n) is 7.71. The first-order chi connectivity index (χ1) is 11.9. The van der Waals surface area contributed by atoms with Gasteiger partial charge in [-0.2, -0.15) is 0 Å². The number of benzene rings is 1. The van der Waals surface area contributed by atoms with Gasteiger partial charge in [-0.25, -0.2) is 4.98 Å². The third-order valence-electron chi connectivity index (χ3n) is 3.90. The molecule has 1 atom stereocenters. The lowest BCUT2D eigenvalue weighted by atomic mass is 10.1. The van der Waals surface area contributed by atoms with Crippen molar-refractivity contribution in [2.24, 2.45) is 5.92 Å². The van der Waals surface area contributed by atoms with Crippen LogP contribution in [0.3, 0.4) is 0 Å². The monoisotopic (exact) mass is 372 g/mol.